The van der Waals surface area contributed by atoms with Gasteiger partial charge >= 0.3 is 0 Å². The Kier molecular flexibility index (Phi) is 5.52. The number of nitrogens with zero attached hydrogens (tertiary/aromatic N) is 3. The van der Waals surface area contributed by atoms with E-state index in [1.807, 2.05) is 18.9 Å². The van der Waals surface area contributed by atoms with E-state index in [1.165, 1.54) is 0 Å². The molecule has 6 nitrogen and oxygen atoms in total. The predicted molar refractivity (Wildman–Crippen MR) is 75.0 cm³/mol. The lowest BCUT2D eigenvalue weighted by atomic mass is 10.2. The fraction of sp³-hybridized carbons (Fsp3) is 0.636. The zero-order chi connectivity index (χ0) is 13.7. The van der Waals surface area contributed by atoms with Gasteiger partial charge in [-0.1, -0.05) is 12.2 Å². The molecule has 0 amide bonds. The van der Waals surface area contributed by atoms with E-state index in [-0.39, 0.29) is 6.61 Å². The summed E-state index contributed by atoms with van der Waals surface area (Å²) in [6.45, 7) is 3.60. The van der Waals surface area contributed by atoms with Gasteiger partial charge in [0.15, 0.2) is 0 Å². The smallest absolute Gasteiger partial charge is 0.137 e. The van der Waals surface area contributed by atoms with Gasteiger partial charge in [-0.2, -0.15) is 5.10 Å². The van der Waals surface area contributed by atoms with Crippen molar-refractivity contribution in [3.63, 3.8) is 0 Å². The molecule has 7 heteroatoms. The molecule has 0 saturated carbocycles. The lowest BCUT2D eigenvalue weighted by molar-refractivity contribution is 0.202. The van der Waals surface area contributed by atoms with Crippen molar-refractivity contribution in [3.05, 3.63) is 11.3 Å². The minimum Gasteiger partial charge on any atom is -0.395 e. The Morgan fingerprint density at radius 1 is 1.56 bits per heavy atom. The van der Waals surface area contributed by atoms with Crippen LogP contribution < -0.4 is 10.6 Å². The molecule has 3 N–H and O–H groups in total. The molecule has 0 unspecified atom stereocenters. The summed E-state index contributed by atoms with van der Waals surface area (Å²) in [6.07, 6.45) is 0. The first kappa shape index (κ1) is 14.9. The fourth-order valence-electron chi connectivity index (χ4n) is 1.94. The van der Waals surface area contributed by atoms with Gasteiger partial charge in [0.2, 0.25) is 0 Å². The summed E-state index contributed by atoms with van der Waals surface area (Å²) in [5, 5.41) is 13.5. The molecule has 0 aliphatic rings. The standard InChI is InChI=1S/C11H20N4O2S/c1-8-9(10(12)18)11(14(2)13-8)15(4-6-16)5-7-17-3/h16H,4-7H2,1-3H3,(H2,12,18). The van der Waals surface area contributed by atoms with Crippen molar-refractivity contribution in [1.29, 1.82) is 0 Å². The van der Waals surface area contributed by atoms with Gasteiger partial charge in [0, 0.05) is 27.2 Å². The minimum atomic E-state index is 0.0463. The summed E-state index contributed by atoms with van der Waals surface area (Å²) in [7, 11) is 3.47. The lowest BCUT2D eigenvalue weighted by Crippen LogP contribution is -2.33. The second-order valence-electron chi connectivity index (χ2n) is 3.98. The SMILES string of the molecule is COCCN(CCO)c1c(C(N)=S)c(C)nn1C. The molecule has 1 aromatic heterocycles. The molecule has 0 aliphatic heterocycles. The largest absolute Gasteiger partial charge is 0.395 e. The number of methoxy groups -OCH3 is 1. The summed E-state index contributed by atoms with van der Waals surface area (Å²) < 4.78 is 6.80. The third-order valence-corrected chi connectivity index (χ3v) is 2.88. The number of hydrogen-bond acceptors (Lipinski definition) is 5. The maximum atomic E-state index is 9.15. The van der Waals surface area contributed by atoms with E-state index < -0.39 is 0 Å². The van der Waals surface area contributed by atoms with Crippen molar-refractivity contribution in [3.8, 4) is 0 Å². The van der Waals surface area contributed by atoms with Crippen LogP contribution in [0, 0.1) is 6.92 Å². The molecule has 0 saturated heterocycles. The molecular weight excluding hydrogens is 252 g/mol. The Bertz CT molecular complexity index is 419. The number of aryl methyl sites for hydroxylation is 2. The molecule has 0 fully saturated rings. The zero-order valence-corrected chi connectivity index (χ0v) is 11.8. The molecule has 0 atom stereocenters. The molecule has 1 aromatic rings. The molecular formula is C11H20N4O2S. The Morgan fingerprint density at radius 3 is 2.72 bits per heavy atom. The van der Waals surface area contributed by atoms with Crippen molar-refractivity contribution < 1.29 is 9.84 Å². The van der Waals surface area contributed by atoms with Gasteiger partial charge < -0.3 is 20.5 Å². The maximum absolute atomic E-state index is 9.15. The van der Waals surface area contributed by atoms with E-state index in [9.17, 15) is 0 Å². The molecule has 1 rings (SSSR count). The molecule has 0 bridgehead atoms. The van der Waals surface area contributed by atoms with E-state index in [1.54, 1.807) is 11.8 Å². The first-order valence-corrected chi connectivity index (χ1v) is 6.11. The second kappa shape index (κ2) is 6.67. The van der Waals surface area contributed by atoms with E-state index in [2.05, 4.69) is 5.10 Å². The molecule has 0 aromatic carbocycles. The Labute approximate surface area is 112 Å². The number of anilines is 1. The van der Waals surface area contributed by atoms with Crippen molar-refractivity contribution in [2.75, 3.05) is 38.3 Å². The van der Waals surface area contributed by atoms with Crippen LogP contribution in [0.4, 0.5) is 5.82 Å². The topological polar surface area (TPSA) is 76.5 Å². The number of ether oxygens (including phenoxy) is 1. The van der Waals surface area contributed by atoms with Gasteiger partial charge in [-0.15, -0.1) is 0 Å². The first-order valence-electron chi connectivity index (χ1n) is 5.71. The van der Waals surface area contributed by atoms with E-state index in [0.29, 0.717) is 24.7 Å². The van der Waals surface area contributed by atoms with Crippen LogP contribution >= 0.6 is 12.2 Å². The third kappa shape index (κ3) is 3.18. The summed E-state index contributed by atoms with van der Waals surface area (Å²) >= 11 is 5.07. The quantitative estimate of drug-likeness (QED) is 0.670. The lowest BCUT2D eigenvalue weighted by Gasteiger charge is -2.24. The van der Waals surface area contributed by atoms with Crippen LogP contribution in [0.15, 0.2) is 0 Å². The van der Waals surface area contributed by atoms with Crippen molar-refractivity contribution in [1.82, 2.24) is 9.78 Å². The average Bonchev–Trinajstić information content (AvgIpc) is 2.59. The van der Waals surface area contributed by atoms with Crippen LogP contribution in [0.3, 0.4) is 0 Å². The predicted octanol–water partition coefficient (Wildman–Crippen LogP) is -0.192. The fourth-order valence-corrected chi connectivity index (χ4v) is 2.18. The van der Waals surface area contributed by atoms with Crippen LogP contribution in [0.1, 0.15) is 11.3 Å². The molecule has 0 aliphatic carbocycles. The molecule has 18 heavy (non-hydrogen) atoms. The van der Waals surface area contributed by atoms with Crippen molar-refractivity contribution in [2.45, 2.75) is 6.92 Å². The highest BCUT2D eigenvalue weighted by Crippen LogP contribution is 2.22. The summed E-state index contributed by atoms with van der Waals surface area (Å²) in [6, 6.07) is 0. The Morgan fingerprint density at radius 2 is 2.22 bits per heavy atom. The van der Waals surface area contributed by atoms with E-state index >= 15 is 0 Å². The highest BCUT2D eigenvalue weighted by molar-refractivity contribution is 7.80. The Balaban J connectivity index is 3.13. The monoisotopic (exact) mass is 272 g/mol. The number of thiocarbonyl (C=S) groups is 1. The number of nitrogens with two attached hydrogens (primary N) is 1. The van der Waals surface area contributed by atoms with Gasteiger partial charge in [0.25, 0.3) is 0 Å². The minimum absolute atomic E-state index is 0.0463. The summed E-state index contributed by atoms with van der Waals surface area (Å²) in [4.78, 5) is 2.29. The number of rotatable bonds is 7. The average molecular weight is 272 g/mol. The maximum Gasteiger partial charge on any atom is 0.137 e. The third-order valence-electron chi connectivity index (χ3n) is 2.67. The molecule has 0 radical (unpaired) electrons. The number of aromatic nitrogens is 2. The van der Waals surface area contributed by atoms with Crippen LogP contribution in [0.5, 0.6) is 0 Å². The summed E-state index contributed by atoms with van der Waals surface area (Å²) in [5.74, 6) is 0.825. The van der Waals surface area contributed by atoms with Crippen LogP contribution in [-0.4, -0.2) is 53.3 Å². The number of aliphatic hydroxyl groups excluding tert-OH is 1. The van der Waals surface area contributed by atoms with Gasteiger partial charge in [-0.25, -0.2) is 0 Å². The summed E-state index contributed by atoms with van der Waals surface area (Å²) in [5.41, 5.74) is 7.30. The van der Waals surface area contributed by atoms with Crippen LogP contribution in [0.25, 0.3) is 0 Å². The van der Waals surface area contributed by atoms with Gasteiger partial charge in [0.05, 0.1) is 24.5 Å². The van der Waals surface area contributed by atoms with Gasteiger partial charge in [-0.3, -0.25) is 4.68 Å². The first-order chi connectivity index (χ1) is 8.52. The van der Waals surface area contributed by atoms with Gasteiger partial charge in [-0.05, 0) is 6.92 Å². The van der Waals surface area contributed by atoms with E-state index in [4.69, 9.17) is 27.8 Å². The van der Waals surface area contributed by atoms with Crippen LogP contribution in [-0.2, 0) is 11.8 Å². The van der Waals surface area contributed by atoms with Gasteiger partial charge in [0.1, 0.15) is 10.8 Å². The highest BCUT2D eigenvalue weighted by atomic mass is 32.1. The molecule has 1 heterocycles. The zero-order valence-electron chi connectivity index (χ0n) is 11.0. The molecule has 102 valence electrons. The Hall–Kier alpha value is -1.18. The normalized spacial score (nSPS) is 10.7. The van der Waals surface area contributed by atoms with E-state index in [0.717, 1.165) is 17.1 Å². The van der Waals surface area contributed by atoms with Crippen LogP contribution in [0.2, 0.25) is 0 Å². The molecule has 0 spiro atoms. The van der Waals surface area contributed by atoms with Crippen molar-refractivity contribution >= 4 is 23.0 Å². The number of aliphatic hydroxyl groups is 1. The number of hydrogen-bond donors (Lipinski definition) is 2. The second-order valence-corrected chi connectivity index (χ2v) is 4.42. The van der Waals surface area contributed by atoms with Crippen molar-refractivity contribution in [2.24, 2.45) is 12.8 Å². The highest BCUT2D eigenvalue weighted by Gasteiger charge is 2.20.